The maximum atomic E-state index is 4.17. The number of halogens is 2. The minimum Gasteiger partial charge on any atom is -0.0798 e. The van der Waals surface area contributed by atoms with Gasteiger partial charge >= 0.3 is 0 Å². The third-order valence-electron chi connectivity index (χ3n) is 5.83. The largest absolute Gasteiger partial charge is 0.0798 e. The van der Waals surface area contributed by atoms with Crippen molar-refractivity contribution in [2.24, 2.45) is 16.7 Å². The van der Waals surface area contributed by atoms with Crippen LogP contribution in [0.5, 0.6) is 0 Å². The van der Waals surface area contributed by atoms with Crippen molar-refractivity contribution in [2.75, 3.05) is 0 Å². The first-order valence-corrected chi connectivity index (χ1v) is 8.20. The van der Waals surface area contributed by atoms with E-state index in [4.69, 9.17) is 0 Å². The van der Waals surface area contributed by atoms with Crippen molar-refractivity contribution in [3.05, 3.63) is 10.6 Å². The topological polar surface area (TPSA) is 0 Å². The van der Waals surface area contributed by atoms with E-state index in [-0.39, 0.29) is 0 Å². The monoisotopic (exact) mass is 346 g/mol. The van der Waals surface area contributed by atoms with Crippen molar-refractivity contribution in [3.8, 4) is 0 Å². The molecule has 3 fully saturated rings. The fourth-order valence-electron chi connectivity index (χ4n) is 5.28. The van der Waals surface area contributed by atoms with Crippen molar-refractivity contribution in [3.63, 3.8) is 0 Å². The number of alkyl halides is 1. The number of hydrogen-bond donors (Lipinski definition) is 0. The van der Waals surface area contributed by atoms with E-state index >= 15 is 0 Å². The van der Waals surface area contributed by atoms with Gasteiger partial charge in [-0.25, -0.2) is 0 Å². The summed E-state index contributed by atoms with van der Waals surface area (Å²) in [5.74, 6) is 0.894. The summed E-state index contributed by atoms with van der Waals surface area (Å²) in [6, 6.07) is 0. The molecule has 0 saturated heterocycles. The van der Waals surface area contributed by atoms with Gasteiger partial charge in [0, 0.05) is 0 Å². The molecule has 0 amide bonds. The van der Waals surface area contributed by atoms with Crippen LogP contribution in [-0.4, -0.2) is 4.32 Å². The summed E-state index contributed by atoms with van der Waals surface area (Å²) in [5, 5.41) is 0. The average molecular weight is 348 g/mol. The van der Waals surface area contributed by atoms with Crippen LogP contribution in [0.2, 0.25) is 0 Å². The van der Waals surface area contributed by atoms with Gasteiger partial charge < -0.3 is 0 Å². The lowest BCUT2D eigenvalue weighted by Gasteiger charge is -2.36. The highest BCUT2D eigenvalue weighted by atomic mass is 79.9. The number of allylic oxidation sites excluding steroid dienone is 1. The molecular formula is C14H20Br2. The smallest absolute Gasteiger partial charge is 0.0538 e. The lowest BCUT2D eigenvalue weighted by molar-refractivity contribution is 0.157. The Morgan fingerprint density at radius 3 is 2.31 bits per heavy atom. The van der Waals surface area contributed by atoms with Gasteiger partial charge in [0.2, 0.25) is 0 Å². The van der Waals surface area contributed by atoms with Gasteiger partial charge in [0.25, 0.3) is 0 Å². The van der Waals surface area contributed by atoms with Gasteiger partial charge in [0.05, 0.1) is 4.32 Å². The Labute approximate surface area is 116 Å². The maximum absolute atomic E-state index is 4.17. The fourth-order valence-corrected chi connectivity index (χ4v) is 8.09. The third kappa shape index (κ3) is 1.07. The minimum absolute atomic E-state index is 0.314. The summed E-state index contributed by atoms with van der Waals surface area (Å²) in [4.78, 5) is 2.22. The molecular weight excluding hydrogens is 328 g/mol. The molecule has 3 saturated carbocycles. The van der Waals surface area contributed by atoms with Crippen LogP contribution in [0.1, 0.15) is 52.4 Å². The van der Waals surface area contributed by atoms with E-state index in [1.54, 1.807) is 5.57 Å². The Morgan fingerprint density at radius 1 is 1.19 bits per heavy atom. The molecule has 0 aliphatic heterocycles. The van der Waals surface area contributed by atoms with E-state index in [1.165, 1.54) is 38.5 Å². The standard InChI is InChI=1S/C14H20Br2/c1-12(2)10-5-8-14(16,11(12)9-15)13(10)6-3-4-7-13/h9-10H,3-8H2,1-2H3/b11-9+. The molecule has 3 aliphatic carbocycles. The molecule has 16 heavy (non-hydrogen) atoms. The van der Waals surface area contributed by atoms with Crippen LogP contribution in [0.4, 0.5) is 0 Å². The summed E-state index contributed by atoms with van der Waals surface area (Å²) in [5.41, 5.74) is 2.59. The Hall–Kier alpha value is 0.700. The molecule has 1 spiro atoms. The van der Waals surface area contributed by atoms with Crippen LogP contribution in [-0.2, 0) is 0 Å². The van der Waals surface area contributed by atoms with Crippen LogP contribution in [0.3, 0.4) is 0 Å². The molecule has 90 valence electrons. The predicted molar refractivity (Wildman–Crippen MR) is 76.1 cm³/mol. The van der Waals surface area contributed by atoms with E-state index in [1.807, 2.05) is 0 Å². The normalized spacial score (nSPS) is 46.0. The lowest BCUT2D eigenvalue weighted by Crippen LogP contribution is -2.35. The quantitative estimate of drug-likeness (QED) is 0.514. The Morgan fingerprint density at radius 2 is 1.81 bits per heavy atom. The van der Waals surface area contributed by atoms with Crippen molar-refractivity contribution in [2.45, 2.75) is 56.7 Å². The zero-order chi connectivity index (χ0) is 11.6. The summed E-state index contributed by atoms with van der Waals surface area (Å²) >= 11 is 7.80. The number of hydrogen-bond acceptors (Lipinski definition) is 0. The highest BCUT2D eigenvalue weighted by Gasteiger charge is 2.71. The first-order chi connectivity index (χ1) is 7.49. The SMILES string of the molecule is CC1(C)/C(=C\Br)C2(Br)CCC1C21CCCC1. The predicted octanol–water partition coefficient (Wildman–Crippen LogP) is 5.41. The van der Waals surface area contributed by atoms with Crippen molar-refractivity contribution in [1.29, 1.82) is 0 Å². The molecule has 0 radical (unpaired) electrons. The maximum Gasteiger partial charge on any atom is 0.0538 e. The van der Waals surface area contributed by atoms with E-state index in [0.717, 1.165) is 5.92 Å². The van der Waals surface area contributed by atoms with E-state index in [2.05, 4.69) is 50.7 Å². The molecule has 0 nitrogen and oxygen atoms in total. The molecule has 2 bridgehead atoms. The average Bonchev–Trinajstić information content (AvgIpc) is 2.80. The second-order valence-electron chi connectivity index (χ2n) is 6.50. The summed E-state index contributed by atoms with van der Waals surface area (Å²) < 4.78 is 0.314. The van der Waals surface area contributed by atoms with Crippen LogP contribution < -0.4 is 0 Å². The molecule has 0 N–H and O–H groups in total. The van der Waals surface area contributed by atoms with Crippen LogP contribution in [0, 0.1) is 16.7 Å². The van der Waals surface area contributed by atoms with Gasteiger partial charge in [0.15, 0.2) is 0 Å². The summed E-state index contributed by atoms with van der Waals surface area (Å²) in [6.45, 7) is 4.90. The number of rotatable bonds is 0. The molecule has 3 aliphatic rings. The first-order valence-electron chi connectivity index (χ1n) is 6.49. The molecule has 3 rings (SSSR count). The Kier molecular flexibility index (Phi) is 2.48. The first kappa shape index (κ1) is 11.8. The highest BCUT2D eigenvalue weighted by molar-refractivity contribution is 9.11. The van der Waals surface area contributed by atoms with Gasteiger partial charge in [-0.05, 0) is 53.0 Å². The van der Waals surface area contributed by atoms with Crippen molar-refractivity contribution in [1.82, 2.24) is 0 Å². The molecule has 0 aromatic heterocycles. The van der Waals surface area contributed by atoms with Gasteiger partial charge in [-0.1, -0.05) is 58.5 Å². The highest BCUT2D eigenvalue weighted by Crippen LogP contribution is 2.77. The zero-order valence-electron chi connectivity index (χ0n) is 10.2. The molecule has 0 heterocycles. The summed E-state index contributed by atoms with van der Waals surface area (Å²) in [6.07, 6.45) is 8.53. The van der Waals surface area contributed by atoms with Crippen LogP contribution in [0.25, 0.3) is 0 Å². The fraction of sp³-hybridized carbons (Fsp3) is 0.857. The van der Waals surface area contributed by atoms with Crippen molar-refractivity contribution >= 4 is 31.9 Å². The second kappa shape index (κ2) is 3.38. The molecule has 0 aromatic carbocycles. The van der Waals surface area contributed by atoms with Crippen molar-refractivity contribution < 1.29 is 0 Å². The van der Waals surface area contributed by atoms with Gasteiger partial charge in [-0.3, -0.25) is 0 Å². The van der Waals surface area contributed by atoms with E-state index in [0.29, 0.717) is 15.2 Å². The minimum atomic E-state index is 0.314. The zero-order valence-corrected chi connectivity index (χ0v) is 13.3. The molecule has 2 atom stereocenters. The molecule has 2 heteroatoms. The molecule has 0 aromatic rings. The van der Waals surface area contributed by atoms with E-state index in [9.17, 15) is 0 Å². The third-order valence-corrected chi connectivity index (χ3v) is 7.90. The Balaban J connectivity index is 2.18. The van der Waals surface area contributed by atoms with E-state index < -0.39 is 0 Å². The Bertz CT molecular complexity index is 350. The van der Waals surface area contributed by atoms with Gasteiger partial charge in [0.1, 0.15) is 0 Å². The van der Waals surface area contributed by atoms with Crippen LogP contribution in [0.15, 0.2) is 10.6 Å². The lowest BCUT2D eigenvalue weighted by atomic mass is 9.70. The van der Waals surface area contributed by atoms with Gasteiger partial charge in [-0.2, -0.15) is 0 Å². The van der Waals surface area contributed by atoms with Crippen LogP contribution >= 0.6 is 31.9 Å². The van der Waals surface area contributed by atoms with Gasteiger partial charge in [-0.15, -0.1) is 0 Å². The molecule has 2 unspecified atom stereocenters. The summed E-state index contributed by atoms with van der Waals surface area (Å²) in [7, 11) is 0. The second-order valence-corrected chi connectivity index (χ2v) is 8.31.